The topological polar surface area (TPSA) is 20.2 Å². The molecule has 2 aromatic carbocycles. The molecule has 0 saturated carbocycles. The smallest absolute Gasteiger partial charge is 0.126 e. The fraction of sp³-hybridized carbons (Fsp3) is 0.391. The molecule has 0 amide bonds. The molecule has 0 saturated heterocycles. The summed E-state index contributed by atoms with van der Waals surface area (Å²) >= 11 is 4.20. The SMILES string of the molecule is C=Cc1cc(C(C)(C)C)cc(C(C)(C)C)c1O.Cc1ccccc1S. The predicted molar refractivity (Wildman–Crippen MR) is 114 cm³/mol. The molecule has 1 nitrogen and oxygen atoms in total. The minimum atomic E-state index is -0.0664. The van der Waals surface area contributed by atoms with Crippen LogP contribution in [0.25, 0.3) is 6.08 Å². The molecular formula is C23H32OS. The van der Waals surface area contributed by atoms with Gasteiger partial charge >= 0.3 is 0 Å². The monoisotopic (exact) mass is 356 g/mol. The van der Waals surface area contributed by atoms with Crippen LogP contribution in [0.1, 0.15) is 63.8 Å². The van der Waals surface area contributed by atoms with Crippen LogP contribution >= 0.6 is 12.6 Å². The molecule has 25 heavy (non-hydrogen) atoms. The number of aromatic hydroxyl groups is 1. The molecule has 0 aliphatic rings. The van der Waals surface area contributed by atoms with Crippen LogP contribution in [0, 0.1) is 6.92 Å². The molecule has 1 N–H and O–H groups in total. The summed E-state index contributed by atoms with van der Waals surface area (Å²) < 4.78 is 0. The molecular weight excluding hydrogens is 324 g/mol. The Bertz CT molecular complexity index is 710. The van der Waals surface area contributed by atoms with Crippen molar-refractivity contribution in [2.24, 2.45) is 0 Å². The van der Waals surface area contributed by atoms with E-state index in [2.05, 4.69) is 66.8 Å². The lowest BCUT2D eigenvalue weighted by Crippen LogP contribution is -2.17. The number of phenolic OH excluding ortho intramolecular Hbond substituents is 1. The second-order valence-corrected chi connectivity index (χ2v) is 8.93. The average molecular weight is 357 g/mol. The minimum Gasteiger partial charge on any atom is -0.507 e. The number of aryl methyl sites for hydroxylation is 1. The molecule has 2 rings (SSSR count). The Morgan fingerprint density at radius 2 is 1.52 bits per heavy atom. The zero-order valence-corrected chi connectivity index (χ0v) is 17.5. The van der Waals surface area contributed by atoms with Gasteiger partial charge in [-0.15, -0.1) is 12.6 Å². The summed E-state index contributed by atoms with van der Waals surface area (Å²) in [4.78, 5) is 1.06. The van der Waals surface area contributed by atoms with E-state index in [1.165, 1.54) is 11.1 Å². The highest BCUT2D eigenvalue weighted by molar-refractivity contribution is 7.80. The first kappa shape index (κ1) is 21.4. The second-order valence-electron chi connectivity index (χ2n) is 8.45. The van der Waals surface area contributed by atoms with Crippen LogP contribution in [0.5, 0.6) is 5.75 Å². The molecule has 0 spiro atoms. The number of hydrogen-bond donors (Lipinski definition) is 2. The Kier molecular flexibility index (Phi) is 6.96. The highest BCUT2D eigenvalue weighted by atomic mass is 32.1. The zero-order valence-electron chi connectivity index (χ0n) is 16.6. The van der Waals surface area contributed by atoms with Crippen molar-refractivity contribution < 1.29 is 5.11 Å². The van der Waals surface area contributed by atoms with Crippen LogP contribution in [0.3, 0.4) is 0 Å². The van der Waals surface area contributed by atoms with Gasteiger partial charge in [-0.3, -0.25) is 0 Å². The summed E-state index contributed by atoms with van der Waals surface area (Å²) in [7, 11) is 0. The largest absolute Gasteiger partial charge is 0.507 e. The van der Waals surface area contributed by atoms with E-state index in [0.29, 0.717) is 5.75 Å². The van der Waals surface area contributed by atoms with E-state index in [-0.39, 0.29) is 10.8 Å². The van der Waals surface area contributed by atoms with Gasteiger partial charge in [0.2, 0.25) is 0 Å². The third kappa shape index (κ3) is 5.97. The lowest BCUT2D eigenvalue weighted by atomic mass is 9.79. The Labute approximate surface area is 159 Å². The van der Waals surface area contributed by atoms with Gasteiger partial charge in [-0.2, -0.15) is 0 Å². The van der Waals surface area contributed by atoms with Crippen molar-refractivity contribution in [1.82, 2.24) is 0 Å². The first-order valence-electron chi connectivity index (χ1n) is 8.63. The Balaban J connectivity index is 0.000000324. The van der Waals surface area contributed by atoms with Crippen molar-refractivity contribution in [3.63, 3.8) is 0 Å². The van der Waals surface area contributed by atoms with E-state index >= 15 is 0 Å². The van der Waals surface area contributed by atoms with E-state index in [4.69, 9.17) is 0 Å². The summed E-state index contributed by atoms with van der Waals surface area (Å²) in [5.41, 5.74) is 4.28. The molecule has 0 aromatic heterocycles. The highest BCUT2D eigenvalue weighted by Crippen LogP contribution is 2.37. The maximum atomic E-state index is 10.2. The number of phenols is 1. The van der Waals surface area contributed by atoms with E-state index in [0.717, 1.165) is 16.0 Å². The normalized spacial score (nSPS) is 11.5. The molecule has 0 aliphatic carbocycles. The molecule has 0 bridgehead atoms. The number of thiol groups is 1. The fourth-order valence-corrected chi connectivity index (χ4v) is 2.54. The minimum absolute atomic E-state index is 0.0664. The van der Waals surface area contributed by atoms with Crippen molar-refractivity contribution >= 4 is 18.7 Å². The standard InChI is InChI=1S/C16H24O.C7H8S/c1-8-11-9-12(15(2,3)4)10-13(14(11)17)16(5,6)7;1-6-4-2-3-5-7(6)8/h8-10,17H,1H2,2-7H3;2-5,8H,1H3. The van der Waals surface area contributed by atoms with Gasteiger partial charge in [-0.05, 0) is 41.0 Å². The van der Waals surface area contributed by atoms with Crippen molar-refractivity contribution in [3.8, 4) is 5.75 Å². The Morgan fingerprint density at radius 3 is 1.88 bits per heavy atom. The summed E-state index contributed by atoms with van der Waals surface area (Å²) in [5.74, 6) is 0.362. The van der Waals surface area contributed by atoms with Crippen LogP contribution in [-0.2, 0) is 10.8 Å². The predicted octanol–water partition coefficient (Wildman–Crippen LogP) is 6.91. The van der Waals surface area contributed by atoms with Gasteiger partial charge in [-0.1, -0.05) is 78.5 Å². The maximum absolute atomic E-state index is 10.2. The Morgan fingerprint density at radius 1 is 0.960 bits per heavy atom. The lowest BCUT2D eigenvalue weighted by molar-refractivity contribution is 0.443. The quantitative estimate of drug-likeness (QED) is 0.532. The van der Waals surface area contributed by atoms with Gasteiger partial charge in [0.15, 0.2) is 0 Å². The summed E-state index contributed by atoms with van der Waals surface area (Å²) in [5, 5.41) is 10.2. The molecule has 0 unspecified atom stereocenters. The molecule has 2 aromatic rings. The number of hydrogen-bond acceptors (Lipinski definition) is 2. The molecule has 136 valence electrons. The van der Waals surface area contributed by atoms with Gasteiger partial charge in [0.25, 0.3) is 0 Å². The van der Waals surface area contributed by atoms with Gasteiger partial charge < -0.3 is 5.11 Å². The molecule has 0 fully saturated rings. The first-order chi connectivity index (χ1) is 11.4. The van der Waals surface area contributed by atoms with Crippen LogP contribution in [0.4, 0.5) is 0 Å². The molecule has 0 aliphatic heterocycles. The number of benzene rings is 2. The first-order valence-corrected chi connectivity index (χ1v) is 9.07. The highest BCUT2D eigenvalue weighted by Gasteiger charge is 2.23. The fourth-order valence-electron chi connectivity index (χ4n) is 2.38. The van der Waals surface area contributed by atoms with E-state index < -0.39 is 0 Å². The molecule has 0 radical (unpaired) electrons. The van der Waals surface area contributed by atoms with E-state index in [9.17, 15) is 5.11 Å². The third-order valence-electron chi connectivity index (χ3n) is 4.15. The van der Waals surface area contributed by atoms with Crippen molar-refractivity contribution in [3.05, 3.63) is 65.2 Å². The summed E-state index contributed by atoms with van der Waals surface area (Å²) in [6.07, 6.45) is 1.72. The third-order valence-corrected chi connectivity index (χ3v) is 4.65. The second kappa shape index (κ2) is 8.14. The number of rotatable bonds is 1. The van der Waals surface area contributed by atoms with Gasteiger partial charge in [0.1, 0.15) is 5.75 Å². The van der Waals surface area contributed by atoms with Gasteiger partial charge in [0.05, 0.1) is 0 Å². The zero-order chi connectivity index (χ0) is 19.4. The van der Waals surface area contributed by atoms with E-state index in [1.54, 1.807) is 6.08 Å². The molecule has 2 heteroatoms. The van der Waals surface area contributed by atoms with Crippen molar-refractivity contribution in [2.75, 3.05) is 0 Å². The van der Waals surface area contributed by atoms with Gasteiger partial charge in [-0.25, -0.2) is 0 Å². The summed E-state index contributed by atoms with van der Waals surface area (Å²) in [6, 6.07) is 12.2. The molecule has 0 heterocycles. The molecule has 0 atom stereocenters. The average Bonchev–Trinajstić information content (AvgIpc) is 2.49. The Hall–Kier alpha value is -1.67. The van der Waals surface area contributed by atoms with Crippen molar-refractivity contribution in [2.45, 2.75) is 64.2 Å². The van der Waals surface area contributed by atoms with Crippen LogP contribution in [0.15, 0.2) is 47.9 Å². The maximum Gasteiger partial charge on any atom is 0.126 e. The summed E-state index contributed by atoms with van der Waals surface area (Å²) in [6.45, 7) is 18.7. The van der Waals surface area contributed by atoms with Crippen LogP contribution < -0.4 is 0 Å². The van der Waals surface area contributed by atoms with Crippen molar-refractivity contribution in [1.29, 1.82) is 0 Å². The van der Waals surface area contributed by atoms with Crippen LogP contribution in [-0.4, -0.2) is 5.11 Å². The van der Waals surface area contributed by atoms with E-state index in [1.807, 2.05) is 37.3 Å². The van der Waals surface area contributed by atoms with Crippen LogP contribution in [0.2, 0.25) is 0 Å². The van der Waals surface area contributed by atoms with Gasteiger partial charge in [0, 0.05) is 16.0 Å². The lowest BCUT2D eigenvalue weighted by Gasteiger charge is -2.27.